The van der Waals surface area contributed by atoms with Crippen LogP contribution in [0.3, 0.4) is 0 Å². The minimum absolute atomic E-state index is 0.0869. The molecule has 5 rings (SSSR count). The third-order valence-corrected chi connectivity index (χ3v) is 7.16. The van der Waals surface area contributed by atoms with Crippen LogP contribution in [0.4, 0.5) is 17.1 Å². The highest BCUT2D eigenvalue weighted by Crippen LogP contribution is 2.37. The minimum atomic E-state index is -0.553. The van der Waals surface area contributed by atoms with E-state index in [4.69, 9.17) is 23.2 Å². The monoisotopic (exact) mass is 477 g/mol. The summed E-state index contributed by atoms with van der Waals surface area (Å²) in [5.41, 5.74) is 1.86. The van der Waals surface area contributed by atoms with Gasteiger partial charge in [-0.3, -0.25) is 15.0 Å². The summed E-state index contributed by atoms with van der Waals surface area (Å²) in [6.45, 7) is 11.9. The van der Waals surface area contributed by atoms with Crippen molar-refractivity contribution in [3.63, 3.8) is 0 Å². The summed E-state index contributed by atoms with van der Waals surface area (Å²) in [6, 6.07) is 10.5. The lowest BCUT2D eigenvalue weighted by molar-refractivity contribution is -0.939. The highest BCUT2D eigenvalue weighted by molar-refractivity contribution is 6.39. The number of non-ortho nitro benzene ring substituents is 1. The number of benzene rings is 2. The van der Waals surface area contributed by atoms with Gasteiger partial charge in [-0.25, -0.2) is 0 Å². The van der Waals surface area contributed by atoms with Gasteiger partial charge in [0.25, 0.3) is 5.69 Å². The molecule has 0 spiro atoms. The number of fused-ring (bicyclic) bond motifs is 3. The first-order valence-electron chi connectivity index (χ1n) is 10.8. The molecule has 1 atom stereocenters. The summed E-state index contributed by atoms with van der Waals surface area (Å²) in [5.74, 6) is 0. The van der Waals surface area contributed by atoms with E-state index in [0.717, 1.165) is 6.54 Å². The van der Waals surface area contributed by atoms with Crippen LogP contribution in [0.1, 0.15) is 18.5 Å². The topological polar surface area (TPSA) is 83.1 Å². The molecule has 2 aromatic rings. The van der Waals surface area contributed by atoms with Crippen molar-refractivity contribution in [2.75, 3.05) is 52.4 Å². The van der Waals surface area contributed by atoms with Crippen LogP contribution in [-0.4, -0.2) is 66.7 Å². The molecular weight excluding hydrogens is 451 g/mol. The summed E-state index contributed by atoms with van der Waals surface area (Å²) in [4.78, 5) is 12.9. The van der Waals surface area contributed by atoms with Crippen molar-refractivity contribution in [3.8, 4) is 0 Å². The van der Waals surface area contributed by atoms with E-state index in [0.29, 0.717) is 5.69 Å². The van der Waals surface area contributed by atoms with Crippen LogP contribution in [0.5, 0.6) is 0 Å². The van der Waals surface area contributed by atoms with Crippen LogP contribution >= 0.6 is 23.2 Å². The van der Waals surface area contributed by atoms with E-state index in [9.17, 15) is 10.1 Å². The molecule has 3 aliphatic heterocycles. The van der Waals surface area contributed by atoms with E-state index in [-0.39, 0.29) is 27.5 Å². The van der Waals surface area contributed by atoms with Crippen LogP contribution in [0, 0.1) is 10.1 Å². The number of nitro benzene ring substituents is 1. The maximum absolute atomic E-state index is 10.9. The summed E-state index contributed by atoms with van der Waals surface area (Å²) in [5, 5.41) is 23.0. The normalized spacial score (nSPS) is 23.5. The molecule has 2 aromatic carbocycles. The predicted molar refractivity (Wildman–Crippen MR) is 126 cm³/mol. The fraction of sp³-hybridized carbons (Fsp3) is 0.455. The van der Waals surface area contributed by atoms with Crippen LogP contribution in [-0.2, 0) is 0 Å². The Morgan fingerprint density at radius 3 is 2.25 bits per heavy atom. The van der Waals surface area contributed by atoms with E-state index < -0.39 is 4.92 Å². The number of hydrogen-bond acceptors (Lipinski definition) is 6. The van der Waals surface area contributed by atoms with Crippen LogP contribution in [0.25, 0.3) is 0 Å². The molecule has 170 valence electrons. The Bertz CT molecular complexity index is 969. The average Bonchev–Trinajstić information content (AvgIpc) is 2.79. The summed E-state index contributed by atoms with van der Waals surface area (Å²) in [7, 11) is 0. The molecule has 3 aliphatic rings. The van der Waals surface area contributed by atoms with Gasteiger partial charge in [-0.2, -0.15) is 5.11 Å². The highest BCUT2D eigenvalue weighted by atomic mass is 35.5. The standard InChI is InChI=1S/C22H27Cl2N6O2/c1-16(25-6-10-30-11-7-28(8-12-30)9-13-30)17-2-4-18(5-3-17)26-27-22-20(23)14-19(29(31)32)15-21(22)24/h2-5,14-16,25H,6-13H2,1H3/q+1. The largest absolute Gasteiger partial charge is 0.319 e. The summed E-state index contributed by atoms with van der Waals surface area (Å²) >= 11 is 12.2. The maximum atomic E-state index is 10.9. The molecule has 0 saturated carbocycles. The zero-order valence-corrected chi connectivity index (χ0v) is 19.5. The minimum Gasteiger partial charge on any atom is -0.319 e. The molecule has 0 radical (unpaired) electrons. The van der Waals surface area contributed by atoms with Crippen LogP contribution < -0.4 is 5.32 Å². The van der Waals surface area contributed by atoms with E-state index in [1.807, 2.05) is 24.3 Å². The Kier molecular flexibility index (Phi) is 7.07. The number of piperazine rings is 3. The molecule has 8 nitrogen and oxygen atoms in total. The lowest BCUT2D eigenvalue weighted by atomic mass is 10.1. The first-order chi connectivity index (χ1) is 15.3. The van der Waals surface area contributed by atoms with Crippen molar-refractivity contribution in [3.05, 3.63) is 62.1 Å². The van der Waals surface area contributed by atoms with Crippen molar-refractivity contribution in [2.45, 2.75) is 13.0 Å². The number of nitro groups is 1. The molecule has 3 saturated heterocycles. The lowest BCUT2D eigenvalue weighted by Crippen LogP contribution is -2.68. The van der Waals surface area contributed by atoms with Gasteiger partial charge in [0.2, 0.25) is 0 Å². The van der Waals surface area contributed by atoms with Gasteiger partial charge in [0.05, 0.1) is 46.8 Å². The van der Waals surface area contributed by atoms with Gasteiger partial charge in [0.15, 0.2) is 0 Å². The molecule has 3 heterocycles. The third kappa shape index (κ3) is 5.27. The van der Waals surface area contributed by atoms with E-state index in [2.05, 4.69) is 27.4 Å². The second-order valence-electron chi connectivity index (χ2n) is 8.56. The molecule has 2 bridgehead atoms. The number of azo groups is 1. The second kappa shape index (κ2) is 9.80. The molecule has 1 unspecified atom stereocenters. The SMILES string of the molecule is CC(NCC[N+]12CCN(CC1)CC2)c1ccc(N=Nc2c(Cl)cc([N+](=O)[O-])cc2Cl)cc1. The van der Waals surface area contributed by atoms with Crippen LogP contribution in [0.15, 0.2) is 46.6 Å². The van der Waals surface area contributed by atoms with E-state index in [1.54, 1.807) is 0 Å². The molecule has 0 aromatic heterocycles. The first-order valence-corrected chi connectivity index (χ1v) is 11.6. The molecule has 3 fully saturated rings. The number of quaternary nitrogens is 1. The zero-order chi connectivity index (χ0) is 22.7. The summed E-state index contributed by atoms with van der Waals surface area (Å²) < 4.78 is 1.25. The Balaban J connectivity index is 1.33. The fourth-order valence-corrected chi connectivity index (χ4v) is 4.94. The number of halogens is 2. The molecule has 0 amide bonds. The Labute approximate surface area is 197 Å². The number of hydrogen-bond donors (Lipinski definition) is 1. The van der Waals surface area contributed by atoms with Gasteiger partial charge in [-0.1, -0.05) is 35.3 Å². The average molecular weight is 478 g/mol. The number of nitrogens with one attached hydrogen (secondary N) is 1. The van der Waals surface area contributed by atoms with E-state index in [1.165, 1.54) is 68.0 Å². The third-order valence-electron chi connectivity index (χ3n) is 6.58. The Hall–Kier alpha value is -2.10. The number of rotatable bonds is 8. The van der Waals surface area contributed by atoms with Gasteiger partial charge in [0, 0.05) is 44.4 Å². The van der Waals surface area contributed by atoms with Crippen molar-refractivity contribution in [2.24, 2.45) is 10.2 Å². The van der Waals surface area contributed by atoms with Gasteiger partial charge in [0.1, 0.15) is 5.69 Å². The molecule has 32 heavy (non-hydrogen) atoms. The summed E-state index contributed by atoms with van der Waals surface area (Å²) in [6.07, 6.45) is 0. The molecular formula is C22H27Cl2N6O2+. The smallest absolute Gasteiger partial charge is 0.272 e. The maximum Gasteiger partial charge on any atom is 0.272 e. The number of nitrogens with zero attached hydrogens (tertiary/aromatic N) is 5. The van der Waals surface area contributed by atoms with Gasteiger partial charge in [-0.15, -0.1) is 5.11 Å². The molecule has 1 N–H and O–H groups in total. The van der Waals surface area contributed by atoms with Crippen molar-refractivity contribution in [1.82, 2.24) is 10.2 Å². The van der Waals surface area contributed by atoms with Crippen molar-refractivity contribution >= 4 is 40.3 Å². The van der Waals surface area contributed by atoms with E-state index >= 15 is 0 Å². The fourth-order valence-electron chi connectivity index (χ4n) is 4.39. The highest BCUT2D eigenvalue weighted by Gasteiger charge is 2.37. The second-order valence-corrected chi connectivity index (χ2v) is 9.37. The molecule has 10 heteroatoms. The van der Waals surface area contributed by atoms with Gasteiger partial charge < -0.3 is 9.80 Å². The molecule has 0 aliphatic carbocycles. The van der Waals surface area contributed by atoms with Crippen LogP contribution in [0.2, 0.25) is 10.0 Å². The Morgan fingerprint density at radius 1 is 1.09 bits per heavy atom. The Morgan fingerprint density at radius 2 is 1.69 bits per heavy atom. The first kappa shape index (κ1) is 23.1. The van der Waals surface area contributed by atoms with Gasteiger partial charge in [-0.05, 0) is 24.6 Å². The van der Waals surface area contributed by atoms with Gasteiger partial charge >= 0.3 is 0 Å². The quantitative estimate of drug-likeness (QED) is 0.247. The van der Waals surface area contributed by atoms with Crippen molar-refractivity contribution < 1.29 is 9.41 Å². The zero-order valence-electron chi connectivity index (χ0n) is 18.0. The van der Waals surface area contributed by atoms with Crippen molar-refractivity contribution in [1.29, 1.82) is 0 Å². The predicted octanol–water partition coefficient (Wildman–Crippen LogP) is 5.11. The lowest BCUT2D eigenvalue weighted by Gasteiger charge is -2.50.